The van der Waals surface area contributed by atoms with Gasteiger partial charge in [-0.25, -0.2) is 0 Å². The van der Waals surface area contributed by atoms with E-state index in [1.807, 2.05) is 30.3 Å². The van der Waals surface area contributed by atoms with E-state index in [9.17, 15) is 5.11 Å². The van der Waals surface area contributed by atoms with E-state index in [4.69, 9.17) is 4.74 Å². The first-order valence-electron chi connectivity index (χ1n) is 7.49. The molecule has 0 atom stereocenters. The first kappa shape index (κ1) is 15.2. The quantitative estimate of drug-likeness (QED) is 0.827. The Morgan fingerprint density at radius 1 is 1.05 bits per heavy atom. The fourth-order valence-electron chi connectivity index (χ4n) is 2.22. The molecule has 0 amide bonds. The van der Waals surface area contributed by atoms with Crippen molar-refractivity contribution >= 4 is 5.69 Å². The topological polar surface area (TPSA) is 32.7 Å². The average molecular weight is 285 g/mol. The minimum absolute atomic E-state index is 0.290. The van der Waals surface area contributed by atoms with Crippen molar-refractivity contribution in [2.24, 2.45) is 0 Å². The summed E-state index contributed by atoms with van der Waals surface area (Å²) in [4.78, 5) is 2.22. The highest BCUT2D eigenvalue weighted by atomic mass is 16.5. The molecule has 112 valence electrons. The Kier molecular flexibility index (Phi) is 5.50. The second-order valence-electron chi connectivity index (χ2n) is 4.99. The predicted molar refractivity (Wildman–Crippen MR) is 87.1 cm³/mol. The van der Waals surface area contributed by atoms with Gasteiger partial charge in [0.05, 0.1) is 6.61 Å². The molecule has 0 saturated heterocycles. The van der Waals surface area contributed by atoms with E-state index in [0.29, 0.717) is 13.2 Å². The normalized spacial score (nSPS) is 10.4. The number of hydrogen-bond acceptors (Lipinski definition) is 3. The van der Waals surface area contributed by atoms with Crippen molar-refractivity contribution in [1.29, 1.82) is 0 Å². The zero-order valence-electron chi connectivity index (χ0n) is 12.7. The van der Waals surface area contributed by atoms with Crippen LogP contribution in [-0.2, 0) is 6.54 Å². The highest BCUT2D eigenvalue weighted by Crippen LogP contribution is 2.26. The zero-order chi connectivity index (χ0) is 15.1. The van der Waals surface area contributed by atoms with Gasteiger partial charge in [-0.15, -0.1) is 0 Å². The number of hydrogen-bond donors (Lipinski definition) is 1. The van der Waals surface area contributed by atoms with E-state index >= 15 is 0 Å². The zero-order valence-corrected chi connectivity index (χ0v) is 12.7. The molecule has 0 radical (unpaired) electrons. The standard InChI is InChI=1S/C18H23NO2/c1-3-12-21-17-11-10-15(18(20)13-17)14-19(4-2)16-8-6-5-7-9-16/h5-11,13,20H,3-4,12,14H2,1-2H3. The van der Waals surface area contributed by atoms with Crippen LogP contribution in [0, 0.1) is 0 Å². The summed E-state index contributed by atoms with van der Waals surface area (Å²) in [5.41, 5.74) is 2.07. The Hall–Kier alpha value is -2.16. The lowest BCUT2D eigenvalue weighted by Gasteiger charge is -2.23. The highest BCUT2D eigenvalue weighted by molar-refractivity contribution is 5.48. The SMILES string of the molecule is CCCOc1ccc(CN(CC)c2ccccc2)c(O)c1. The van der Waals surface area contributed by atoms with Crippen molar-refractivity contribution in [3.8, 4) is 11.5 Å². The number of rotatable bonds is 7. The van der Waals surface area contributed by atoms with Crippen molar-refractivity contribution in [2.45, 2.75) is 26.8 Å². The van der Waals surface area contributed by atoms with Crippen LogP contribution in [0.1, 0.15) is 25.8 Å². The average Bonchev–Trinajstić information content (AvgIpc) is 2.53. The molecule has 0 aliphatic rings. The summed E-state index contributed by atoms with van der Waals surface area (Å²) in [6.45, 7) is 6.41. The molecule has 0 fully saturated rings. The maximum Gasteiger partial charge on any atom is 0.124 e. The van der Waals surface area contributed by atoms with Crippen LogP contribution in [0.5, 0.6) is 11.5 Å². The van der Waals surface area contributed by atoms with Crippen LogP contribution in [0.15, 0.2) is 48.5 Å². The maximum atomic E-state index is 10.2. The van der Waals surface area contributed by atoms with E-state index in [1.165, 1.54) is 0 Å². The first-order valence-corrected chi connectivity index (χ1v) is 7.49. The largest absolute Gasteiger partial charge is 0.507 e. The third kappa shape index (κ3) is 4.15. The second-order valence-corrected chi connectivity index (χ2v) is 4.99. The Bertz CT molecular complexity index is 554. The summed E-state index contributed by atoms with van der Waals surface area (Å²) in [5, 5.41) is 10.2. The van der Waals surface area contributed by atoms with Crippen molar-refractivity contribution in [3.05, 3.63) is 54.1 Å². The number of benzene rings is 2. The predicted octanol–water partition coefficient (Wildman–Crippen LogP) is 4.21. The lowest BCUT2D eigenvalue weighted by atomic mass is 10.1. The van der Waals surface area contributed by atoms with E-state index in [1.54, 1.807) is 6.07 Å². The molecule has 2 rings (SSSR count). The molecule has 3 heteroatoms. The van der Waals surface area contributed by atoms with Gasteiger partial charge in [0.1, 0.15) is 11.5 Å². The molecule has 21 heavy (non-hydrogen) atoms. The van der Waals surface area contributed by atoms with Gasteiger partial charge >= 0.3 is 0 Å². The van der Waals surface area contributed by atoms with Crippen molar-refractivity contribution in [1.82, 2.24) is 0 Å². The minimum atomic E-state index is 0.290. The van der Waals surface area contributed by atoms with Gasteiger partial charge in [-0.3, -0.25) is 0 Å². The van der Waals surface area contributed by atoms with E-state index < -0.39 is 0 Å². The van der Waals surface area contributed by atoms with E-state index in [2.05, 4.69) is 30.9 Å². The van der Waals surface area contributed by atoms with Gasteiger partial charge in [-0.1, -0.05) is 25.1 Å². The van der Waals surface area contributed by atoms with Crippen molar-refractivity contribution in [3.63, 3.8) is 0 Å². The summed E-state index contributed by atoms with van der Waals surface area (Å²) in [6.07, 6.45) is 0.958. The molecule has 2 aromatic carbocycles. The molecule has 0 unspecified atom stereocenters. The maximum absolute atomic E-state index is 10.2. The number of phenolic OH excluding ortho intramolecular Hbond substituents is 1. The van der Waals surface area contributed by atoms with Gasteiger partial charge in [0.2, 0.25) is 0 Å². The van der Waals surface area contributed by atoms with Crippen LogP contribution >= 0.6 is 0 Å². The van der Waals surface area contributed by atoms with Crippen molar-refractivity contribution in [2.75, 3.05) is 18.1 Å². The molecule has 0 bridgehead atoms. The van der Waals surface area contributed by atoms with Gasteiger partial charge in [0, 0.05) is 30.4 Å². The van der Waals surface area contributed by atoms with Crippen LogP contribution < -0.4 is 9.64 Å². The Balaban J connectivity index is 2.11. The van der Waals surface area contributed by atoms with Crippen LogP contribution in [-0.4, -0.2) is 18.3 Å². The third-order valence-corrected chi connectivity index (χ3v) is 3.39. The number of anilines is 1. The number of ether oxygens (including phenoxy) is 1. The van der Waals surface area contributed by atoms with E-state index in [0.717, 1.165) is 30.0 Å². The second kappa shape index (κ2) is 7.58. The van der Waals surface area contributed by atoms with Crippen LogP contribution in [0.25, 0.3) is 0 Å². The van der Waals surface area contributed by atoms with Crippen molar-refractivity contribution < 1.29 is 9.84 Å². The summed E-state index contributed by atoms with van der Waals surface area (Å²) in [7, 11) is 0. The highest BCUT2D eigenvalue weighted by Gasteiger charge is 2.09. The van der Waals surface area contributed by atoms with Crippen LogP contribution in [0.3, 0.4) is 0 Å². The monoisotopic (exact) mass is 285 g/mol. The first-order chi connectivity index (χ1) is 10.2. The van der Waals surface area contributed by atoms with Crippen LogP contribution in [0.4, 0.5) is 5.69 Å². The van der Waals surface area contributed by atoms with Gasteiger partial charge in [0.25, 0.3) is 0 Å². The van der Waals surface area contributed by atoms with Gasteiger partial charge < -0.3 is 14.7 Å². The Labute approximate surface area is 126 Å². The molecule has 0 spiro atoms. The molecule has 0 aliphatic carbocycles. The lowest BCUT2D eigenvalue weighted by molar-refractivity contribution is 0.315. The molecule has 0 aromatic heterocycles. The molecule has 3 nitrogen and oxygen atoms in total. The molecular formula is C18H23NO2. The molecule has 0 aliphatic heterocycles. The fraction of sp³-hybridized carbons (Fsp3) is 0.333. The summed E-state index contributed by atoms with van der Waals surface area (Å²) < 4.78 is 5.53. The summed E-state index contributed by atoms with van der Waals surface area (Å²) in [5.74, 6) is 1.01. The van der Waals surface area contributed by atoms with Gasteiger partial charge in [-0.05, 0) is 37.6 Å². The fourth-order valence-corrected chi connectivity index (χ4v) is 2.22. The number of phenols is 1. The van der Waals surface area contributed by atoms with Crippen LogP contribution in [0.2, 0.25) is 0 Å². The smallest absolute Gasteiger partial charge is 0.124 e. The number of para-hydroxylation sites is 1. The summed E-state index contributed by atoms with van der Waals surface area (Å²) in [6, 6.07) is 15.8. The molecule has 0 heterocycles. The van der Waals surface area contributed by atoms with E-state index in [-0.39, 0.29) is 5.75 Å². The van der Waals surface area contributed by atoms with Gasteiger partial charge in [0.15, 0.2) is 0 Å². The molecule has 2 aromatic rings. The molecule has 1 N–H and O–H groups in total. The van der Waals surface area contributed by atoms with Gasteiger partial charge in [-0.2, -0.15) is 0 Å². The summed E-state index contributed by atoms with van der Waals surface area (Å²) >= 11 is 0. The molecular weight excluding hydrogens is 262 g/mol. The minimum Gasteiger partial charge on any atom is -0.507 e. The number of aromatic hydroxyl groups is 1. The Morgan fingerprint density at radius 3 is 2.43 bits per heavy atom. The number of nitrogens with zero attached hydrogens (tertiary/aromatic N) is 1. The third-order valence-electron chi connectivity index (χ3n) is 3.39. The lowest BCUT2D eigenvalue weighted by Crippen LogP contribution is -2.21. The molecule has 0 saturated carbocycles. The Morgan fingerprint density at radius 2 is 1.81 bits per heavy atom.